The van der Waals surface area contributed by atoms with Gasteiger partial charge >= 0.3 is 5.97 Å². The van der Waals surface area contributed by atoms with Crippen molar-refractivity contribution in [2.75, 3.05) is 13.2 Å². The Kier molecular flexibility index (Phi) is 7.72. The Balaban J connectivity index is 1.92. The second kappa shape index (κ2) is 11.1. The number of hydrogen-bond donors (Lipinski definition) is 0. The lowest BCUT2D eigenvalue weighted by Crippen LogP contribution is -2.32. The first-order valence-electron chi connectivity index (χ1n) is 11.5. The minimum Gasteiger partial charge on any atom is -0.477 e. The van der Waals surface area contributed by atoms with Gasteiger partial charge in [-0.3, -0.25) is 0 Å². The first-order chi connectivity index (χ1) is 16.7. The molecule has 0 atom stereocenters. The molecule has 0 radical (unpaired) electrons. The second-order valence-electron chi connectivity index (χ2n) is 7.82. The third-order valence-electron chi connectivity index (χ3n) is 5.69. The van der Waals surface area contributed by atoms with Crippen molar-refractivity contribution in [1.29, 1.82) is 0 Å². The molecule has 172 valence electrons. The van der Waals surface area contributed by atoms with Crippen LogP contribution in [0.1, 0.15) is 29.8 Å². The molecule has 1 aromatic heterocycles. The molecule has 4 rings (SSSR count). The third kappa shape index (κ3) is 4.88. The van der Waals surface area contributed by atoms with E-state index in [0.717, 1.165) is 11.7 Å². The van der Waals surface area contributed by atoms with Gasteiger partial charge in [-0.05, 0) is 56.3 Å². The summed E-state index contributed by atoms with van der Waals surface area (Å²) in [5.41, 5.74) is 1.34. The fourth-order valence-corrected chi connectivity index (χ4v) is 8.44. The van der Waals surface area contributed by atoms with Gasteiger partial charge in [0.1, 0.15) is 28.7 Å². The number of carbonyl (C=O) groups is 1. The van der Waals surface area contributed by atoms with Crippen molar-refractivity contribution in [3.8, 4) is 5.88 Å². The summed E-state index contributed by atoms with van der Waals surface area (Å²) in [5, 5.41) is 3.83. The van der Waals surface area contributed by atoms with Crippen molar-refractivity contribution in [3.63, 3.8) is 0 Å². The highest BCUT2D eigenvalue weighted by Crippen LogP contribution is 2.58. The standard InChI is InChI=1S/C29H29NO3P/c1-3-32-28-27(29(31)33-4-2)20-23(21-30-28)22-34(24-14-8-5-9-15-24,25-16-10-6-11-17-25)26-18-12-7-13-19-26/h5-21H,3-4,22H2,1-2H3/q+1. The Morgan fingerprint density at radius 3 is 1.71 bits per heavy atom. The van der Waals surface area contributed by atoms with E-state index >= 15 is 0 Å². The van der Waals surface area contributed by atoms with Gasteiger partial charge in [-0.15, -0.1) is 0 Å². The summed E-state index contributed by atoms with van der Waals surface area (Å²) in [7, 11) is -2.10. The Morgan fingerprint density at radius 2 is 1.26 bits per heavy atom. The van der Waals surface area contributed by atoms with E-state index in [1.54, 1.807) is 6.92 Å². The van der Waals surface area contributed by atoms with E-state index in [0.29, 0.717) is 24.7 Å². The maximum Gasteiger partial charge on any atom is 0.343 e. The van der Waals surface area contributed by atoms with Crippen LogP contribution in [0.2, 0.25) is 0 Å². The van der Waals surface area contributed by atoms with Crippen molar-refractivity contribution < 1.29 is 14.3 Å². The Hall–Kier alpha value is -3.49. The van der Waals surface area contributed by atoms with Crippen molar-refractivity contribution in [2.24, 2.45) is 0 Å². The van der Waals surface area contributed by atoms with Crippen LogP contribution < -0.4 is 20.7 Å². The summed E-state index contributed by atoms with van der Waals surface area (Å²) in [5.74, 6) is -0.101. The maximum atomic E-state index is 12.7. The summed E-state index contributed by atoms with van der Waals surface area (Å²) in [6, 6.07) is 33.9. The Morgan fingerprint density at radius 1 is 0.765 bits per heavy atom. The SMILES string of the molecule is CCOC(=O)c1cc(C[P+](c2ccccc2)(c2ccccc2)c2ccccc2)cnc1OCC. The molecule has 0 unspecified atom stereocenters. The molecular formula is C29H29NO3P+. The van der Waals surface area contributed by atoms with Crippen LogP contribution in [-0.2, 0) is 10.9 Å². The fourth-order valence-electron chi connectivity index (χ4n) is 4.23. The molecule has 4 nitrogen and oxygen atoms in total. The lowest BCUT2D eigenvalue weighted by atomic mass is 10.2. The highest BCUT2D eigenvalue weighted by Gasteiger charge is 2.45. The van der Waals surface area contributed by atoms with E-state index in [9.17, 15) is 4.79 Å². The van der Waals surface area contributed by atoms with Crippen LogP contribution in [0, 0.1) is 0 Å². The fraction of sp³-hybridized carbons (Fsp3) is 0.172. The molecule has 5 heteroatoms. The topological polar surface area (TPSA) is 48.4 Å². The van der Waals surface area contributed by atoms with E-state index in [1.807, 2.05) is 37.4 Å². The zero-order valence-electron chi connectivity index (χ0n) is 19.6. The van der Waals surface area contributed by atoms with Gasteiger partial charge in [-0.1, -0.05) is 54.6 Å². The first kappa shape index (κ1) is 23.7. The first-order valence-corrected chi connectivity index (χ1v) is 13.5. The molecule has 0 aliphatic rings. The lowest BCUT2D eigenvalue weighted by molar-refractivity contribution is 0.0520. The van der Waals surface area contributed by atoms with Crippen LogP contribution in [0.3, 0.4) is 0 Å². The van der Waals surface area contributed by atoms with Crippen LogP contribution in [0.5, 0.6) is 5.88 Å². The van der Waals surface area contributed by atoms with Crippen LogP contribution >= 0.6 is 7.26 Å². The quantitative estimate of drug-likeness (QED) is 0.251. The van der Waals surface area contributed by atoms with Crippen molar-refractivity contribution in [1.82, 2.24) is 4.98 Å². The van der Waals surface area contributed by atoms with Gasteiger partial charge in [-0.25, -0.2) is 9.78 Å². The van der Waals surface area contributed by atoms with Gasteiger partial charge in [0, 0.05) is 11.8 Å². The zero-order chi connectivity index (χ0) is 23.8. The molecule has 0 saturated heterocycles. The van der Waals surface area contributed by atoms with Crippen LogP contribution in [0.25, 0.3) is 0 Å². The minimum absolute atomic E-state index is 0.295. The Labute approximate surface area is 201 Å². The van der Waals surface area contributed by atoms with E-state index in [-0.39, 0.29) is 0 Å². The highest BCUT2D eigenvalue weighted by molar-refractivity contribution is 7.95. The van der Waals surface area contributed by atoms with E-state index in [2.05, 4.69) is 77.8 Å². The number of benzene rings is 3. The average Bonchev–Trinajstić information content (AvgIpc) is 2.90. The summed E-state index contributed by atoms with van der Waals surface area (Å²) in [6.07, 6.45) is 2.55. The summed E-state index contributed by atoms with van der Waals surface area (Å²) >= 11 is 0. The van der Waals surface area contributed by atoms with Gasteiger partial charge < -0.3 is 9.47 Å². The number of aromatic nitrogens is 1. The molecule has 0 spiro atoms. The number of esters is 1. The molecule has 3 aromatic carbocycles. The molecule has 0 fully saturated rings. The molecule has 0 saturated carbocycles. The van der Waals surface area contributed by atoms with Crippen LogP contribution in [-0.4, -0.2) is 24.2 Å². The maximum absolute atomic E-state index is 12.7. The van der Waals surface area contributed by atoms with E-state index < -0.39 is 13.2 Å². The molecule has 0 bridgehead atoms. The summed E-state index contributed by atoms with van der Waals surface area (Å²) in [4.78, 5) is 17.3. The molecule has 0 aliphatic heterocycles. The normalized spacial score (nSPS) is 11.1. The number of rotatable bonds is 9. The number of carbonyl (C=O) groups excluding carboxylic acids is 1. The van der Waals surface area contributed by atoms with Crippen LogP contribution in [0.15, 0.2) is 103 Å². The third-order valence-corrected chi connectivity index (χ3v) is 10.1. The molecule has 1 heterocycles. The molecular weight excluding hydrogens is 441 g/mol. The van der Waals surface area contributed by atoms with Crippen molar-refractivity contribution >= 4 is 29.1 Å². The minimum atomic E-state index is -2.10. The average molecular weight is 471 g/mol. The van der Waals surface area contributed by atoms with E-state index in [1.165, 1.54) is 15.9 Å². The predicted molar refractivity (Wildman–Crippen MR) is 140 cm³/mol. The summed E-state index contributed by atoms with van der Waals surface area (Å²) < 4.78 is 10.9. The van der Waals surface area contributed by atoms with Gasteiger partial charge in [0.05, 0.1) is 19.4 Å². The van der Waals surface area contributed by atoms with Crippen molar-refractivity contribution in [2.45, 2.75) is 20.0 Å². The molecule has 34 heavy (non-hydrogen) atoms. The number of ether oxygens (including phenoxy) is 2. The second-order valence-corrected chi connectivity index (χ2v) is 11.3. The van der Waals surface area contributed by atoms with Gasteiger partial charge in [0.25, 0.3) is 0 Å². The Bertz CT molecular complexity index is 1120. The summed E-state index contributed by atoms with van der Waals surface area (Å²) in [6.45, 7) is 4.39. The van der Waals surface area contributed by atoms with Crippen molar-refractivity contribution in [3.05, 3.63) is 114 Å². The largest absolute Gasteiger partial charge is 0.477 e. The zero-order valence-corrected chi connectivity index (χ0v) is 20.4. The number of nitrogens with zero attached hydrogens (tertiary/aromatic N) is 1. The highest BCUT2D eigenvalue weighted by atomic mass is 31.2. The van der Waals surface area contributed by atoms with Crippen LogP contribution in [0.4, 0.5) is 0 Å². The van der Waals surface area contributed by atoms with E-state index in [4.69, 9.17) is 9.47 Å². The lowest BCUT2D eigenvalue weighted by Gasteiger charge is -2.28. The molecule has 4 aromatic rings. The monoisotopic (exact) mass is 470 g/mol. The van der Waals surface area contributed by atoms with Gasteiger partial charge in [-0.2, -0.15) is 0 Å². The van der Waals surface area contributed by atoms with Gasteiger partial charge in [0.2, 0.25) is 5.88 Å². The molecule has 0 amide bonds. The smallest absolute Gasteiger partial charge is 0.343 e. The predicted octanol–water partition coefficient (Wildman–Crippen LogP) is 5.15. The van der Waals surface area contributed by atoms with Gasteiger partial charge in [0.15, 0.2) is 0 Å². The number of pyridine rings is 1. The molecule has 0 N–H and O–H groups in total. The molecule has 0 aliphatic carbocycles. The number of hydrogen-bond acceptors (Lipinski definition) is 4.